The number of para-hydroxylation sites is 1. The van der Waals surface area contributed by atoms with Crippen molar-refractivity contribution in [2.45, 2.75) is 6.04 Å². The summed E-state index contributed by atoms with van der Waals surface area (Å²) in [6, 6.07) is 4.52. The number of aliphatic hydroxyl groups is 1. The fourth-order valence-corrected chi connectivity index (χ4v) is 1.62. The highest BCUT2D eigenvalue weighted by molar-refractivity contribution is 5.76. The van der Waals surface area contributed by atoms with Crippen molar-refractivity contribution in [3.8, 4) is 0 Å². The topological polar surface area (TPSA) is 96.7 Å². The molecule has 1 aromatic carbocycles. The summed E-state index contributed by atoms with van der Waals surface area (Å²) in [6.07, 6.45) is 0. The number of hydrogen-bond donors (Lipinski definition) is 3. The predicted octanol–water partition coefficient (Wildman–Crippen LogP) is 1.06. The van der Waals surface area contributed by atoms with Gasteiger partial charge < -0.3 is 20.5 Å². The van der Waals surface area contributed by atoms with Gasteiger partial charge in [-0.25, -0.2) is 0 Å². The van der Waals surface area contributed by atoms with Gasteiger partial charge in [0.1, 0.15) is 11.4 Å². The summed E-state index contributed by atoms with van der Waals surface area (Å²) in [5, 5.41) is 25.9. The number of ether oxygens (including phenoxy) is 1. The highest BCUT2D eigenvalue weighted by Gasteiger charge is 2.20. The summed E-state index contributed by atoms with van der Waals surface area (Å²) in [7, 11) is 3.12. The van der Waals surface area contributed by atoms with Crippen molar-refractivity contribution in [3.05, 3.63) is 28.3 Å². The molecule has 0 saturated carbocycles. The van der Waals surface area contributed by atoms with Gasteiger partial charge >= 0.3 is 5.69 Å². The Bertz CT molecular complexity index is 411. The minimum absolute atomic E-state index is 0.0467. The Hall–Kier alpha value is -1.86. The zero-order valence-electron chi connectivity index (χ0n) is 10.3. The standard InChI is InChI=1S/C11H17N3O4/c1-12-9-4-3-5-10(11(9)14(16)17)13-8(6-15)7-18-2/h3-5,8,12-13,15H,6-7H2,1-2H3. The molecule has 0 aliphatic carbocycles. The third-order valence-corrected chi connectivity index (χ3v) is 2.44. The Kier molecular flexibility index (Phi) is 5.34. The molecule has 1 atom stereocenters. The van der Waals surface area contributed by atoms with Gasteiger partial charge in [0.05, 0.1) is 24.2 Å². The molecule has 0 fully saturated rings. The van der Waals surface area contributed by atoms with Gasteiger partial charge in [0, 0.05) is 14.2 Å². The molecule has 0 aliphatic heterocycles. The molecular weight excluding hydrogens is 238 g/mol. The normalized spacial score (nSPS) is 11.9. The molecule has 7 nitrogen and oxygen atoms in total. The molecule has 0 aliphatic rings. The minimum atomic E-state index is -0.463. The first kappa shape index (κ1) is 14.2. The number of nitrogens with zero attached hydrogens (tertiary/aromatic N) is 1. The minimum Gasteiger partial charge on any atom is -0.394 e. The monoisotopic (exact) mass is 255 g/mol. The molecule has 1 aromatic rings. The van der Waals surface area contributed by atoms with Crippen LogP contribution in [0.25, 0.3) is 0 Å². The maximum atomic E-state index is 11.1. The van der Waals surface area contributed by atoms with E-state index in [9.17, 15) is 10.1 Å². The molecule has 0 heterocycles. The Morgan fingerprint density at radius 3 is 2.67 bits per heavy atom. The van der Waals surface area contributed by atoms with Crippen molar-refractivity contribution in [1.82, 2.24) is 0 Å². The van der Waals surface area contributed by atoms with Gasteiger partial charge in [-0.2, -0.15) is 0 Å². The summed E-state index contributed by atoms with van der Waals surface area (Å²) in [5.41, 5.74) is 0.719. The van der Waals surface area contributed by atoms with Crippen molar-refractivity contribution in [1.29, 1.82) is 0 Å². The van der Waals surface area contributed by atoms with E-state index >= 15 is 0 Å². The van der Waals surface area contributed by atoms with Gasteiger partial charge in [-0.05, 0) is 12.1 Å². The number of nitro benzene ring substituents is 1. The average Bonchev–Trinajstić information content (AvgIpc) is 2.37. The van der Waals surface area contributed by atoms with E-state index in [2.05, 4.69) is 10.6 Å². The second kappa shape index (κ2) is 6.77. The summed E-state index contributed by atoms with van der Waals surface area (Å²) < 4.78 is 4.92. The Morgan fingerprint density at radius 2 is 2.17 bits per heavy atom. The van der Waals surface area contributed by atoms with Gasteiger partial charge in [0.15, 0.2) is 0 Å². The number of hydrogen-bond acceptors (Lipinski definition) is 6. The molecule has 18 heavy (non-hydrogen) atoms. The molecule has 0 bridgehead atoms. The number of anilines is 2. The van der Waals surface area contributed by atoms with Gasteiger partial charge in [-0.3, -0.25) is 10.1 Å². The maximum absolute atomic E-state index is 11.1. The Morgan fingerprint density at radius 1 is 1.50 bits per heavy atom. The fraction of sp³-hybridized carbons (Fsp3) is 0.455. The highest BCUT2D eigenvalue weighted by Crippen LogP contribution is 2.32. The van der Waals surface area contributed by atoms with Crippen LogP contribution in [-0.4, -0.2) is 43.4 Å². The third kappa shape index (κ3) is 3.31. The second-order valence-electron chi connectivity index (χ2n) is 3.69. The van der Waals surface area contributed by atoms with Crippen LogP contribution in [0.2, 0.25) is 0 Å². The van der Waals surface area contributed by atoms with Crippen LogP contribution in [0.5, 0.6) is 0 Å². The molecule has 100 valence electrons. The SMILES string of the molecule is CNc1cccc(NC(CO)COC)c1[N+](=O)[O-]. The average molecular weight is 255 g/mol. The first-order valence-electron chi connectivity index (χ1n) is 5.45. The van der Waals surface area contributed by atoms with Crippen molar-refractivity contribution in [2.24, 2.45) is 0 Å². The van der Waals surface area contributed by atoms with Crippen molar-refractivity contribution < 1.29 is 14.8 Å². The molecule has 0 aromatic heterocycles. The zero-order chi connectivity index (χ0) is 13.5. The first-order chi connectivity index (χ1) is 8.63. The van der Waals surface area contributed by atoms with Crippen LogP contribution < -0.4 is 10.6 Å². The predicted molar refractivity (Wildman–Crippen MR) is 69.0 cm³/mol. The number of nitrogens with one attached hydrogen (secondary N) is 2. The summed E-state index contributed by atoms with van der Waals surface area (Å²) in [4.78, 5) is 10.6. The van der Waals surface area contributed by atoms with Gasteiger partial charge in [-0.15, -0.1) is 0 Å². The van der Waals surface area contributed by atoms with E-state index in [0.717, 1.165) is 0 Å². The summed E-state index contributed by atoms with van der Waals surface area (Å²) >= 11 is 0. The van der Waals surface area contributed by atoms with E-state index in [1.807, 2.05) is 0 Å². The lowest BCUT2D eigenvalue weighted by molar-refractivity contribution is -0.383. The molecule has 1 unspecified atom stereocenters. The van der Waals surface area contributed by atoms with Crippen LogP contribution in [-0.2, 0) is 4.74 Å². The number of nitro groups is 1. The first-order valence-corrected chi connectivity index (χ1v) is 5.45. The van der Waals surface area contributed by atoms with Gasteiger partial charge in [-0.1, -0.05) is 6.07 Å². The number of benzene rings is 1. The molecule has 7 heteroatoms. The highest BCUT2D eigenvalue weighted by atomic mass is 16.6. The Balaban J connectivity index is 3.03. The van der Waals surface area contributed by atoms with Crippen LogP contribution in [0.4, 0.5) is 17.1 Å². The smallest absolute Gasteiger partial charge is 0.315 e. The quantitative estimate of drug-likeness (QED) is 0.498. The van der Waals surface area contributed by atoms with E-state index in [-0.39, 0.29) is 24.9 Å². The third-order valence-electron chi connectivity index (χ3n) is 2.44. The van der Waals surface area contributed by atoms with Gasteiger partial charge in [0.25, 0.3) is 0 Å². The largest absolute Gasteiger partial charge is 0.394 e. The number of rotatable bonds is 7. The van der Waals surface area contributed by atoms with Crippen LogP contribution >= 0.6 is 0 Å². The van der Waals surface area contributed by atoms with E-state index in [1.165, 1.54) is 7.11 Å². The lowest BCUT2D eigenvalue weighted by Gasteiger charge is -2.17. The van der Waals surface area contributed by atoms with Crippen LogP contribution in [0.3, 0.4) is 0 Å². The summed E-state index contributed by atoms with van der Waals surface area (Å²) in [5.74, 6) is 0. The van der Waals surface area contributed by atoms with E-state index in [0.29, 0.717) is 11.4 Å². The number of methoxy groups -OCH3 is 1. The molecule has 0 amide bonds. The second-order valence-corrected chi connectivity index (χ2v) is 3.69. The van der Waals surface area contributed by atoms with Crippen LogP contribution in [0.15, 0.2) is 18.2 Å². The molecule has 0 saturated heterocycles. The molecule has 3 N–H and O–H groups in total. The van der Waals surface area contributed by atoms with Crippen molar-refractivity contribution >= 4 is 17.1 Å². The lowest BCUT2D eigenvalue weighted by atomic mass is 10.2. The molecule has 1 rings (SSSR count). The zero-order valence-corrected chi connectivity index (χ0v) is 10.3. The molecular formula is C11H17N3O4. The van der Waals surface area contributed by atoms with E-state index in [1.54, 1.807) is 25.2 Å². The van der Waals surface area contributed by atoms with Gasteiger partial charge in [0.2, 0.25) is 0 Å². The van der Waals surface area contributed by atoms with Crippen LogP contribution in [0.1, 0.15) is 0 Å². The Labute approximate surface area is 105 Å². The molecule has 0 spiro atoms. The van der Waals surface area contributed by atoms with Crippen LogP contribution in [0, 0.1) is 10.1 Å². The summed E-state index contributed by atoms with van der Waals surface area (Å²) in [6.45, 7) is 0.0895. The van der Waals surface area contributed by atoms with Crippen molar-refractivity contribution in [2.75, 3.05) is 38.0 Å². The van der Waals surface area contributed by atoms with Crippen molar-refractivity contribution in [3.63, 3.8) is 0 Å². The maximum Gasteiger partial charge on any atom is 0.315 e. The lowest BCUT2D eigenvalue weighted by Crippen LogP contribution is -2.29. The number of aliphatic hydroxyl groups excluding tert-OH is 1. The van der Waals surface area contributed by atoms with E-state index < -0.39 is 4.92 Å². The molecule has 0 radical (unpaired) electrons. The fourth-order valence-electron chi connectivity index (χ4n) is 1.62. The van der Waals surface area contributed by atoms with E-state index in [4.69, 9.17) is 9.84 Å².